The Morgan fingerprint density at radius 3 is 1.58 bits per heavy atom. The second-order valence-corrected chi connectivity index (χ2v) is 11.6. The Kier molecular flexibility index (Phi) is 11.7. The molecule has 3 N–H and O–H groups in total. The Balaban J connectivity index is 1.58. The minimum atomic E-state index is 0.0801. The molecule has 0 aliphatic carbocycles. The monoisotopic (exact) mass is 573 g/mol. The fourth-order valence-electron chi connectivity index (χ4n) is 5.05. The van der Waals surface area contributed by atoms with Crippen molar-refractivity contribution in [3.05, 3.63) is 108 Å². The molecule has 0 radical (unpaired) electrons. The molecule has 0 fully saturated rings. The average Bonchev–Trinajstić information content (AvgIpc) is 3.03. The number of nitrogens with zero attached hydrogens (tertiary/aromatic N) is 3. The summed E-state index contributed by atoms with van der Waals surface area (Å²) in [5.41, 5.74) is 14.7. The van der Waals surface area contributed by atoms with Crippen molar-refractivity contribution in [2.45, 2.75) is 79.1 Å². The average molecular weight is 574 g/mol. The lowest BCUT2D eigenvalue weighted by Gasteiger charge is -2.26. The summed E-state index contributed by atoms with van der Waals surface area (Å²) in [6, 6.07) is 30.5. The van der Waals surface area contributed by atoms with Crippen LogP contribution >= 0.6 is 0 Å². The number of anilines is 3. The standard InChI is InChI=1S/C38H47N5/c1-5-7-9-11-29-13-20-33(21-14-29)43(34-22-15-30(16-23-34)12-10-8-6-2)35-24-17-31(18-25-35)32-19-26-36(41-27-32)38(40)42-37(39)28(3)4/h13-28H,5-12H2,1-4H3,(H3,39,40,42). The van der Waals surface area contributed by atoms with Crippen molar-refractivity contribution in [3.63, 3.8) is 0 Å². The molecule has 0 spiro atoms. The van der Waals surface area contributed by atoms with Crippen LogP contribution in [0, 0.1) is 11.3 Å². The van der Waals surface area contributed by atoms with Crippen LogP contribution in [0.5, 0.6) is 0 Å². The Morgan fingerprint density at radius 1 is 0.698 bits per heavy atom. The Hall–Kier alpha value is -4.25. The lowest BCUT2D eigenvalue weighted by molar-refractivity contribution is 0.717. The third-order valence-electron chi connectivity index (χ3n) is 7.82. The zero-order chi connectivity index (χ0) is 30.6. The molecule has 4 aromatic rings. The van der Waals surface area contributed by atoms with E-state index in [0.717, 1.165) is 41.0 Å². The fourth-order valence-corrected chi connectivity index (χ4v) is 5.05. The maximum absolute atomic E-state index is 8.24. The first-order valence-electron chi connectivity index (χ1n) is 15.9. The number of aromatic nitrogens is 1. The summed E-state index contributed by atoms with van der Waals surface area (Å²) in [4.78, 5) is 11.0. The lowest BCUT2D eigenvalue weighted by atomic mass is 10.0. The quantitative estimate of drug-likeness (QED) is 0.0895. The first kappa shape index (κ1) is 31.7. The Morgan fingerprint density at radius 2 is 1.16 bits per heavy atom. The highest BCUT2D eigenvalue weighted by Crippen LogP contribution is 2.36. The number of rotatable bonds is 14. The number of aryl methyl sites for hydroxylation is 2. The van der Waals surface area contributed by atoms with Gasteiger partial charge in [-0.1, -0.05) is 95.8 Å². The highest BCUT2D eigenvalue weighted by atomic mass is 15.1. The number of nitrogens with one attached hydrogen (secondary N) is 1. The van der Waals surface area contributed by atoms with Crippen LogP contribution in [0.2, 0.25) is 0 Å². The topological polar surface area (TPSA) is 78.4 Å². The van der Waals surface area contributed by atoms with Gasteiger partial charge < -0.3 is 10.6 Å². The van der Waals surface area contributed by atoms with E-state index in [9.17, 15) is 0 Å². The number of hydrogen-bond acceptors (Lipinski definition) is 3. The second-order valence-electron chi connectivity index (χ2n) is 11.6. The molecule has 4 rings (SSSR count). The van der Waals surface area contributed by atoms with Crippen molar-refractivity contribution in [3.8, 4) is 11.1 Å². The van der Waals surface area contributed by atoms with Gasteiger partial charge in [0.2, 0.25) is 0 Å². The maximum Gasteiger partial charge on any atom is 0.172 e. The molecule has 0 aliphatic heterocycles. The number of aliphatic imine (C=N–C) groups is 1. The summed E-state index contributed by atoms with van der Waals surface area (Å²) >= 11 is 0. The van der Waals surface area contributed by atoms with Crippen molar-refractivity contribution in [1.82, 2.24) is 4.98 Å². The fraction of sp³-hybridized carbons (Fsp3) is 0.342. The van der Waals surface area contributed by atoms with Gasteiger partial charge in [0.15, 0.2) is 5.84 Å². The number of nitrogens with two attached hydrogens (primary N) is 1. The highest BCUT2D eigenvalue weighted by Gasteiger charge is 2.14. The molecule has 1 heterocycles. The second kappa shape index (κ2) is 15.8. The summed E-state index contributed by atoms with van der Waals surface area (Å²) in [6.07, 6.45) is 11.5. The molecular formula is C38H47N5. The molecule has 0 saturated carbocycles. The molecule has 0 unspecified atom stereocenters. The first-order chi connectivity index (χ1) is 20.9. The molecule has 1 aromatic heterocycles. The van der Waals surface area contributed by atoms with Crippen LogP contribution in [-0.2, 0) is 12.8 Å². The maximum atomic E-state index is 8.24. The summed E-state index contributed by atoms with van der Waals surface area (Å²) in [7, 11) is 0. The number of amidine groups is 2. The molecule has 224 valence electrons. The SMILES string of the molecule is CCCCCc1ccc(N(c2ccc(CCCCC)cc2)c2ccc(-c3ccc(C(=N)N=C(N)C(C)C)nc3)cc2)cc1. The van der Waals surface area contributed by atoms with Crippen molar-refractivity contribution in [2.24, 2.45) is 16.6 Å². The number of pyridine rings is 1. The molecule has 5 nitrogen and oxygen atoms in total. The minimum absolute atomic E-state index is 0.0801. The van der Waals surface area contributed by atoms with E-state index in [0.29, 0.717) is 11.5 Å². The molecule has 0 bridgehead atoms. The van der Waals surface area contributed by atoms with Gasteiger partial charge in [-0.15, -0.1) is 0 Å². The van der Waals surface area contributed by atoms with Gasteiger partial charge in [0.25, 0.3) is 0 Å². The van der Waals surface area contributed by atoms with Gasteiger partial charge in [0.1, 0.15) is 11.5 Å². The molecular weight excluding hydrogens is 526 g/mol. The van der Waals surface area contributed by atoms with Crippen LogP contribution in [0.15, 0.2) is 96.1 Å². The Bertz CT molecular complexity index is 1400. The van der Waals surface area contributed by atoms with E-state index in [1.165, 1.54) is 49.7 Å². The smallest absolute Gasteiger partial charge is 0.172 e. The van der Waals surface area contributed by atoms with Gasteiger partial charge in [-0.2, -0.15) is 0 Å². The summed E-state index contributed by atoms with van der Waals surface area (Å²) in [5.74, 6) is 0.606. The van der Waals surface area contributed by atoms with Gasteiger partial charge in [0.05, 0.1) is 0 Å². The Labute approximate surface area is 258 Å². The predicted molar refractivity (Wildman–Crippen MR) is 184 cm³/mol. The highest BCUT2D eigenvalue weighted by molar-refractivity contribution is 6.03. The van der Waals surface area contributed by atoms with Crippen LogP contribution in [-0.4, -0.2) is 16.7 Å². The van der Waals surface area contributed by atoms with Gasteiger partial charge in [-0.3, -0.25) is 10.4 Å². The molecule has 0 saturated heterocycles. The third-order valence-corrected chi connectivity index (χ3v) is 7.82. The van der Waals surface area contributed by atoms with Crippen LogP contribution in [0.3, 0.4) is 0 Å². The van der Waals surface area contributed by atoms with E-state index in [2.05, 4.69) is 102 Å². The largest absolute Gasteiger partial charge is 0.387 e. The van der Waals surface area contributed by atoms with Crippen molar-refractivity contribution < 1.29 is 0 Å². The van der Waals surface area contributed by atoms with Gasteiger partial charge in [-0.05, 0) is 84.8 Å². The molecule has 3 aromatic carbocycles. The summed E-state index contributed by atoms with van der Waals surface area (Å²) in [5, 5.41) is 8.24. The van der Waals surface area contributed by atoms with E-state index < -0.39 is 0 Å². The first-order valence-corrected chi connectivity index (χ1v) is 15.9. The van der Waals surface area contributed by atoms with Crippen LogP contribution in [0.4, 0.5) is 17.1 Å². The van der Waals surface area contributed by atoms with E-state index in [1.54, 1.807) is 6.20 Å². The molecule has 43 heavy (non-hydrogen) atoms. The van der Waals surface area contributed by atoms with Crippen LogP contribution in [0.1, 0.15) is 83.0 Å². The summed E-state index contributed by atoms with van der Waals surface area (Å²) < 4.78 is 0. The normalized spacial score (nSPS) is 11.6. The number of unbranched alkanes of at least 4 members (excludes halogenated alkanes) is 4. The number of hydrogen-bond donors (Lipinski definition) is 2. The van der Waals surface area contributed by atoms with E-state index in [4.69, 9.17) is 11.1 Å². The minimum Gasteiger partial charge on any atom is -0.387 e. The van der Waals surface area contributed by atoms with Crippen LogP contribution < -0.4 is 10.6 Å². The van der Waals surface area contributed by atoms with Crippen molar-refractivity contribution in [2.75, 3.05) is 4.90 Å². The van der Waals surface area contributed by atoms with Crippen molar-refractivity contribution in [1.29, 1.82) is 5.41 Å². The zero-order valence-corrected chi connectivity index (χ0v) is 26.3. The van der Waals surface area contributed by atoms with E-state index >= 15 is 0 Å². The van der Waals surface area contributed by atoms with E-state index in [1.807, 2.05) is 26.0 Å². The van der Waals surface area contributed by atoms with Gasteiger partial charge >= 0.3 is 0 Å². The third kappa shape index (κ3) is 8.87. The zero-order valence-electron chi connectivity index (χ0n) is 26.3. The predicted octanol–water partition coefficient (Wildman–Crippen LogP) is 10.0. The van der Waals surface area contributed by atoms with Gasteiger partial charge in [-0.25, -0.2) is 4.99 Å². The van der Waals surface area contributed by atoms with Gasteiger partial charge in [0, 0.05) is 34.7 Å². The van der Waals surface area contributed by atoms with Crippen molar-refractivity contribution >= 4 is 28.7 Å². The lowest BCUT2D eigenvalue weighted by Crippen LogP contribution is -2.20. The van der Waals surface area contributed by atoms with Crippen LogP contribution in [0.25, 0.3) is 11.1 Å². The van der Waals surface area contributed by atoms with E-state index in [-0.39, 0.29) is 11.8 Å². The molecule has 0 atom stereocenters. The molecule has 0 amide bonds. The molecule has 5 heteroatoms. The number of benzene rings is 3. The molecule has 0 aliphatic rings. The summed E-state index contributed by atoms with van der Waals surface area (Å²) in [6.45, 7) is 8.42.